The van der Waals surface area contributed by atoms with E-state index in [1.807, 2.05) is 0 Å². The number of aromatic nitrogens is 3. The summed E-state index contributed by atoms with van der Waals surface area (Å²) in [6.45, 7) is 3.53. The van der Waals surface area contributed by atoms with Crippen LogP contribution in [0, 0.1) is 5.82 Å². The number of rotatable bonds is 6. The molecule has 1 saturated heterocycles. The Kier molecular flexibility index (Phi) is 6.88. The van der Waals surface area contributed by atoms with Crippen LogP contribution in [0.2, 0.25) is 5.15 Å². The summed E-state index contributed by atoms with van der Waals surface area (Å²) in [6.07, 6.45) is -0.997. The highest BCUT2D eigenvalue weighted by Gasteiger charge is 2.37. The van der Waals surface area contributed by atoms with E-state index in [1.54, 1.807) is 6.07 Å². The van der Waals surface area contributed by atoms with Gasteiger partial charge in [-0.25, -0.2) is 19.3 Å². The van der Waals surface area contributed by atoms with Gasteiger partial charge in [0.15, 0.2) is 11.6 Å². The van der Waals surface area contributed by atoms with E-state index >= 15 is 0 Å². The van der Waals surface area contributed by atoms with E-state index in [4.69, 9.17) is 16.3 Å². The van der Waals surface area contributed by atoms with Crippen LogP contribution < -0.4 is 4.74 Å². The smallest absolute Gasteiger partial charge is 0.420 e. The van der Waals surface area contributed by atoms with Gasteiger partial charge in [0.05, 0.1) is 23.5 Å². The van der Waals surface area contributed by atoms with Crippen molar-refractivity contribution in [2.24, 2.45) is 0 Å². The molecule has 5 nitrogen and oxygen atoms in total. The first-order chi connectivity index (χ1) is 15.7. The minimum atomic E-state index is -4.78. The van der Waals surface area contributed by atoms with Gasteiger partial charge >= 0.3 is 6.18 Å². The second-order valence-corrected chi connectivity index (χ2v) is 9.44. The van der Waals surface area contributed by atoms with Crippen LogP contribution in [0.15, 0.2) is 24.5 Å². The molecule has 0 saturated carbocycles. The summed E-state index contributed by atoms with van der Waals surface area (Å²) < 4.78 is 60.2. The maximum atomic E-state index is 14.6. The van der Waals surface area contributed by atoms with Crippen LogP contribution in [0.1, 0.15) is 40.9 Å². The van der Waals surface area contributed by atoms with E-state index < -0.39 is 23.3 Å². The number of alkyl halides is 3. The topological polar surface area (TPSA) is 51.1 Å². The molecule has 1 fully saturated rings. The van der Waals surface area contributed by atoms with Gasteiger partial charge in [-0.1, -0.05) is 11.6 Å². The Labute approximate surface area is 197 Å². The van der Waals surface area contributed by atoms with E-state index in [0.29, 0.717) is 35.4 Å². The van der Waals surface area contributed by atoms with Gasteiger partial charge in [-0.15, -0.1) is 11.3 Å². The summed E-state index contributed by atoms with van der Waals surface area (Å²) in [5.74, 6) is -1.91. The van der Waals surface area contributed by atoms with Gasteiger partial charge in [0.1, 0.15) is 17.0 Å². The van der Waals surface area contributed by atoms with Crippen LogP contribution in [-0.4, -0.2) is 39.5 Å². The average Bonchev–Trinajstić information content (AvgIpc) is 3.33. The number of hydrogen-bond acceptors (Lipinski definition) is 6. The zero-order chi connectivity index (χ0) is 23.8. The number of hydrogen-bond donors (Lipinski definition) is 0. The van der Waals surface area contributed by atoms with Gasteiger partial charge in [-0.05, 0) is 44.5 Å². The third-order valence-electron chi connectivity index (χ3n) is 5.63. The molecule has 1 aliphatic heterocycles. The summed E-state index contributed by atoms with van der Waals surface area (Å²) in [7, 11) is 1.02. The average molecular weight is 501 g/mol. The second kappa shape index (κ2) is 9.52. The standard InChI is InChI=1S/C22H21ClF4N4OS/c1-12-4-3-5-31(12)10-17-20(30-19(33-17)9-14-8-18(23)29-11-28-14)13-6-15(22(25,26)27)21(32-2)16(24)7-13/h6-8,11-12H,3-5,9-10H2,1-2H3/t12-/m1/s1. The number of benzene rings is 1. The second-order valence-electron chi connectivity index (χ2n) is 7.89. The Morgan fingerprint density at radius 1 is 1.24 bits per heavy atom. The van der Waals surface area contributed by atoms with Crippen molar-refractivity contribution in [2.75, 3.05) is 13.7 Å². The zero-order valence-corrected chi connectivity index (χ0v) is 19.5. The summed E-state index contributed by atoms with van der Waals surface area (Å²) in [5, 5.41) is 0.932. The predicted octanol–water partition coefficient (Wildman–Crippen LogP) is 6.00. The molecule has 3 heterocycles. The number of thiazole rings is 1. The molecule has 1 aliphatic rings. The maximum Gasteiger partial charge on any atom is 0.420 e. The highest BCUT2D eigenvalue weighted by atomic mass is 35.5. The summed E-state index contributed by atoms with van der Waals surface area (Å²) in [5.41, 5.74) is -0.141. The van der Waals surface area contributed by atoms with Gasteiger partial charge in [0, 0.05) is 29.4 Å². The third kappa shape index (κ3) is 5.28. The van der Waals surface area contributed by atoms with E-state index in [-0.39, 0.29) is 10.7 Å². The van der Waals surface area contributed by atoms with E-state index in [1.165, 1.54) is 17.7 Å². The number of methoxy groups -OCH3 is 1. The van der Waals surface area contributed by atoms with Crippen molar-refractivity contribution in [3.8, 4) is 17.0 Å². The third-order valence-corrected chi connectivity index (χ3v) is 6.87. The Morgan fingerprint density at radius 2 is 2.03 bits per heavy atom. The van der Waals surface area contributed by atoms with E-state index in [2.05, 4.69) is 26.8 Å². The normalized spacial score (nSPS) is 17.0. The Bertz CT molecular complexity index is 1150. The minimum Gasteiger partial charge on any atom is -0.493 e. The van der Waals surface area contributed by atoms with Gasteiger partial charge in [0.25, 0.3) is 0 Å². The van der Waals surface area contributed by atoms with Crippen LogP contribution in [0.3, 0.4) is 0 Å². The van der Waals surface area contributed by atoms with Crippen molar-refractivity contribution < 1.29 is 22.3 Å². The largest absolute Gasteiger partial charge is 0.493 e. The van der Waals surface area contributed by atoms with Gasteiger partial charge in [-0.2, -0.15) is 13.2 Å². The molecule has 33 heavy (non-hydrogen) atoms. The van der Waals surface area contributed by atoms with Gasteiger partial charge in [-0.3, -0.25) is 4.90 Å². The molecule has 0 aliphatic carbocycles. The zero-order valence-electron chi connectivity index (χ0n) is 17.9. The molecular formula is C22H21ClF4N4OS. The fourth-order valence-corrected chi connectivity index (χ4v) is 5.29. The van der Waals surface area contributed by atoms with Crippen molar-refractivity contribution in [1.82, 2.24) is 19.9 Å². The quantitative estimate of drug-likeness (QED) is 0.307. The van der Waals surface area contributed by atoms with Crippen LogP contribution in [0.25, 0.3) is 11.3 Å². The molecule has 3 aromatic rings. The maximum absolute atomic E-state index is 14.6. The molecular weight excluding hydrogens is 480 g/mol. The van der Waals surface area contributed by atoms with Crippen molar-refractivity contribution in [2.45, 2.75) is 44.9 Å². The number of nitrogens with zero attached hydrogens (tertiary/aromatic N) is 4. The van der Waals surface area contributed by atoms with Crippen LogP contribution in [0.5, 0.6) is 5.75 Å². The monoisotopic (exact) mass is 500 g/mol. The molecule has 176 valence electrons. The molecule has 1 aromatic carbocycles. The Morgan fingerprint density at radius 3 is 2.67 bits per heavy atom. The summed E-state index contributed by atoms with van der Waals surface area (Å²) >= 11 is 7.33. The Hall–Kier alpha value is -2.30. The highest BCUT2D eigenvalue weighted by Crippen LogP contribution is 2.42. The highest BCUT2D eigenvalue weighted by molar-refractivity contribution is 7.12. The number of halogens is 5. The van der Waals surface area contributed by atoms with Crippen molar-refractivity contribution in [3.63, 3.8) is 0 Å². The van der Waals surface area contributed by atoms with Crippen LogP contribution in [0.4, 0.5) is 17.6 Å². The van der Waals surface area contributed by atoms with Crippen LogP contribution >= 0.6 is 22.9 Å². The lowest BCUT2D eigenvalue weighted by Crippen LogP contribution is -2.25. The molecule has 4 rings (SSSR count). The SMILES string of the molecule is COc1c(F)cc(-c2nc(Cc3cc(Cl)ncn3)sc2CN2CCC[C@H]2C)cc1C(F)(F)F. The molecule has 0 radical (unpaired) electrons. The molecule has 0 bridgehead atoms. The molecule has 0 unspecified atom stereocenters. The predicted molar refractivity (Wildman–Crippen MR) is 118 cm³/mol. The molecule has 0 amide bonds. The lowest BCUT2D eigenvalue weighted by Gasteiger charge is -2.20. The summed E-state index contributed by atoms with van der Waals surface area (Å²) in [4.78, 5) is 15.7. The van der Waals surface area contributed by atoms with Gasteiger partial charge < -0.3 is 4.74 Å². The molecule has 0 spiro atoms. The van der Waals surface area contributed by atoms with Crippen molar-refractivity contribution >= 4 is 22.9 Å². The van der Waals surface area contributed by atoms with Crippen molar-refractivity contribution in [3.05, 3.63) is 56.6 Å². The Balaban J connectivity index is 1.78. The molecule has 11 heteroatoms. The molecule has 0 N–H and O–H groups in total. The van der Waals surface area contributed by atoms with Gasteiger partial charge in [0.2, 0.25) is 0 Å². The number of ether oxygens (including phenoxy) is 1. The van der Waals surface area contributed by atoms with Crippen LogP contribution in [-0.2, 0) is 19.1 Å². The molecule has 1 atom stereocenters. The summed E-state index contributed by atoms with van der Waals surface area (Å²) in [6, 6.07) is 3.91. The lowest BCUT2D eigenvalue weighted by molar-refractivity contribution is -0.139. The lowest BCUT2D eigenvalue weighted by atomic mass is 10.0. The minimum absolute atomic E-state index is 0.0608. The first-order valence-corrected chi connectivity index (χ1v) is 11.5. The van der Waals surface area contributed by atoms with Crippen molar-refractivity contribution in [1.29, 1.82) is 0 Å². The van der Waals surface area contributed by atoms with E-state index in [0.717, 1.165) is 43.5 Å². The molecule has 2 aromatic heterocycles. The van der Waals surface area contributed by atoms with E-state index in [9.17, 15) is 17.6 Å². The first kappa shape index (κ1) is 23.8. The number of likely N-dealkylation sites (tertiary alicyclic amines) is 1. The first-order valence-electron chi connectivity index (χ1n) is 10.3. The fourth-order valence-electron chi connectivity index (χ4n) is 3.99. The fraction of sp³-hybridized carbons (Fsp3) is 0.409.